The summed E-state index contributed by atoms with van der Waals surface area (Å²) in [5, 5.41) is 2.97. The molecule has 11 heteroatoms. The molecule has 7 nitrogen and oxygen atoms in total. The van der Waals surface area contributed by atoms with Crippen LogP contribution >= 0.6 is 11.6 Å². The maximum Gasteiger partial charge on any atom is 0.573 e. The monoisotopic (exact) mass is 542 g/mol. The molecule has 3 aromatic carbocycles. The summed E-state index contributed by atoms with van der Waals surface area (Å²) in [4.78, 5) is 37.0. The molecule has 0 saturated carbocycles. The van der Waals surface area contributed by atoms with Crippen molar-refractivity contribution in [1.82, 2.24) is 9.88 Å². The average Bonchev–Trinajstić information content (AvgIpc) is 3.33. The number of nitrogens with zero attached hydrogens (tertiary/aromatic N) is 1. The average molecular weight is 543 g/mol. The fourth-order valence-corrected chi connectivity index (χ4v) is 4.63. The van der Waals surface area contributed by atoms with E-state index in [1.807, 2.05) is 0 Å². The molecule has 1 unspecified atom stereocenters. The number of cyclic esters (lactones) is 1. The Hall–Kier alpha value is -4.31. The third kappa shape index (κ3) is 4.95. The Bertz CT molecular complexity index is 1600. The predicted octanol–water partition coefficient (Wildman–Crippen LogP) is 6.09. The van der Waals surface area contributed by atoms with Gasteiger partial charge in [-0.2, -0.15) is 0 Å². The zero-order chi connectivity index (χ0) is 27.2. The van der Waals surface area contributed by atoms with Crippen molar-refractivity contribution in [3.8, 4) is 5.75 Å². The van der Waals surface area contributed by atoms with Crippen LogP contribution in [0.2, 0.25) is 5.02 Å². The van der Waals surface area contributed by atoms with Gasteiger partial charge in [0, 0.05) is 39.8 Å². The van der Waals surface area contributed by atoms with Gasteiger partial charge in [0.25, 0.3) is 5.91 Å². The topological polar surface area (TPSA) is 86.6 Å². The summed E-state index contributed by atoms with van der Waals surface area (Å²) in [7, 11) is 0. The third-order valence-electron chi connectivity index (χ3n) is 6.15. The first-order valence-corrected chi connectivity index (χ1v) is 11.7. The van der Waals surface area contributed by atoms with Crippen molar-refractivity contribution in [1.29, 1.82) is 0 Å². The van der Waals surface area contributed by atoms with E-state index in [-0.39, 0.29) is 12.3 Å². The molecule has 38 heavy (non-hydrogen) atoms. The number of imide groups is 1. The van der Waals surface area contributed by atoms with Crippen LogP contribution in [-0.4, -0.2) is 28.7 Å². The number of alkyl carbamates (subject to hydrolysis) is 1. The van der Waals surface area contributed by atoms with E-state index in [0.29, 0.717) is 43.9 Å². The molecule has 0 aliphatic carbocycles. The zero-order valence-corrected chi connectivity index (χ0v) is 20.4. The summed E-state index contributed by atoms with van der Waals surface area (Å²) in [6, 6.07) is 16.8. The summed E-state index contributed by atoms with van der Waals surface area (Å²) in [5.41, 5.74) is 2.63. The second-order valence-corrected chi connectivity index (χ2v) is 9.07. The van der Waals surface area contributed by atoms with Gasteiger partial charge in [0.2, 0.25) is 6.10 Å². The van der Waals surface area contributed by atoms with Gasteiger partial charge in [-0.25, -0.2) is 4.79 Å². The molecule has 2 amide bonds. The summed E-state index contributed by atoms with van der Waals surface area (Å²) < 4.78 is 49.7. The molecule has 0 radical (unpaired) electrons. The molecular weight excluding hydrogens is 525 g/mol. The van der Waals surface area contributed by atoms with Crippen LogP contribution in [0.3, 0.4) is 0 Å². The van der Waals surface area contributed by atoms with E-state index in [2.05, 4.69) is 10.1 Å². The Morgan fingerprint density at radius 2 is 1.82 bits per heavy atom. The predicted molar refractivity (Wildman–Crippen MR) is 131 cm³/mol. The SMILES string of the molecule is Cc1c(C(=O)c2ccc(Cl)cc2)c2ccc(OC(F)(F)F)cc2n1Cc1cccc(C2OC(=O)NC2=O)c1. The van der Waals surface area contributed by atoms with Crippen molar-refractivity contribution in [2.45, 2.75) is 25.9 Å². The molecular formula is C27H18ClF3N2O5. The van der Waals surface area contributed by atoms with Gasteiger partial charge >= 0.3 is 12.5 Å². The minimum Gasteiger partial charge on any atom is -0.431 e. The molecule has 1 aromatic heterocycles. The Kier molecular flexibility index (Phi) is 6.36. The van der Waals surface area contributed by atoms with Crippen molar-refractivity contribution >= 4 is 40.3 Å². The van der Waals surface area contributed by atoms with Crippen LogP contribution in [0.5, 0.6) is 5.75 Å². The van der Waals surface area contributed by atoms with Gasteiger partial charge in [-0.1, -0.05) is 29.8 Å². The Morgan fingerprint density at radius 3 is 2.47 bits per heavy atom. The smallest absolute Gasteiger partial charge is 0.431 e. The molecule has 1 saturated heterocycles. The Morgan fingerprint density at radius 1 is 1.08 bits per heavy atom. The number of carbonyl (C=O) groups excluding carboxylic acids is 3. The van der Waals surface area contributed by atoms with E-state index in [1.165, 1.54) is 12.1 Å². The number of ketones is 1. The number of rotatable bonds is 6. The molecule has 1 fully saturated rings. The van der Waals surface area contributed by atoms with Crippen LogP contribution in [0.1, 0.15) is 38.8 Å². The maximum absolute atomic E-state index is 13.5. The van der Waals surface area contributed by atoms with Gasteiger partial charge in [-0.3, -0.25) is 14.9 Å². The highest BCUT2D eigenvalue weighted by atomic mass is 35.5. The number of hydrogen-bond donors (Lipinski definition) is 1. The van der Waals surface area contributed by atoms with Crippen LogP contribution in [0, 0.1) is 6.92 Å². The molecule has 0 spiro atoms. The number of hydrogen-bond acceptors (Lipinski definition) is 5. The number of ether oxygens (including phenoxy) is 2. The van der Waals surface area contributed by atoms with Crippen LogP contribution in [0.25, 0.3) is 10.9 Å². The van der Waals surface area contributed by atoms with Crippen LogP contribution < -0.4 is 10.1 Å². The number of aromatic nitrogens is 1. The van der Waals surface area contributed by atoms with Gasteiger partial charge < -0.3 is 14.0 Å². The number of halogens is 4. The largest absolute Gasteiger partial charge is 0.573 e. The van der Waals surface area contributed by atoms with E-state index >= 15 is 0 Å². The molecule has 1 atom stereocenters. The molecule has 1 aliphatic heterocycles. The van der Waals surface area contributed by atoms with Crippen molar-refractivity contribution in [2.24, 2.45) is 0 Å². The lowest BCUT2D eigenvalue weighted by atomic mass is 10.0. The van der Waals surface area contributed by atoms with Gasteiger partial charge in [0.15, 0.2) is 5.78 Å². The summed E-state index contributed by atoms with van der Waals surface area (Å²) in [6.07, 6.45) is -6.85. The molecule has 4 aromatic rings. The lowest BCUT2D eigenvalue weighted by Gasteiger charge is -2.13. The molecule has 2 heterocycles. The Labute approximate surface area is 218 Å². The molecule has 194 valence electrons. The van der Waals surface area contributed by atoms with Crippen LogP contribution in [0.4, 0.5) is 18.0 Å². The summed E-state index contributed by atoms with van der Waals surface area (Å²) >= 11 is 5.96. The van der Waals surface area contributed by atoms with Crippen molar-refractivity contribution in [2.75, 3.05) is 0 Å². The highest BCUT2D eigenvalue weighted by molar-refractivity contribution is 6.30. The van der Waals surface area contributed by atoms with Crippen molar-refractivity contribution in [3.63, 3.8) is 0 Å². The lowest BCUT2D eigenvalue weighted by Crippen LogP contribution is -2.20. The highest BCUT2D eigenvalue weighted by Crippen LogP contribution is 2.34. The molecule has 5 rings (SSSR count). The van der Waals surface area contributed by atoms with Gasteiger partial charge in [0.05, 0.1) is 11.1 Å². The quantitative estimate of drug-likeness (QED) is 0.298. The maximum atomic E-state index is 13.5. The third-order valence-corrected chi connectivity index (χ3v) is 6.40. The molecule has 0 bridgehead atoms. The number of fused-ring (bicyclic) bond motifs is 1. The summed E-state index contributed by atoms with van der Waals surface area (Å²) in [5.74, 6) is -1.35. The second-order valence-electron chi connectivity index (χ2n) is 8.63. The van der Waals surface area contributed by atoms with E-state index in [0.717, 1.165) is 6.07 Å². The van der Waals surface area contributed by atoms with E-state index in [1.54, 1.807) is 60.0 Å². The number of alkyl halides is 3. The number of carbonyl (C=O) groups is 3. The number of benzene rings is 3. The van der Waals surface area contributed by atoms with E-state index in [9.17, 15) is 27.6 Å². The number of nitrogens with one attached hydrogen (secondary N) is 1. The summed E-state index contributed by atoms with van der Waals surface area (Å²) in [6.45, 7) is 1.84. The Balaban J connectivity index is 1.60. The van der Waals surface area contributed by atoms with Crippen molar-refractivity contribution < 1.29 is 37.0 Å². The fraction of sp³-hybridized carbons (Fsp3) is 0.148. The molecule has 1 aliphatic rings. The van der Waals surface area contributed by atoms with E-state index in [4.69, 9.17) is 16.3 Å². The minimum atomic E-state index is -4.89. The van der Waals surface area contributed by atoms with Crippen LogP contribution in [-0.2, 0) is 16.1 Å². The van der Waals surface area contributed by atoms with Crippen LogP contribution in [0.15, 0.2) is 66.7 Å². The first kappa shape index (κ1) is 25.3. The highest BCUT2D eigenvalue weighted by Gasteiger charge is 2.34. The molecule has 1 N–H and O–H groups in total. The fourth-order valence-electron chi connectivity index (χ4n) is 4.50. The van der Waals surface area contributed by atoms with Gasteiger partial charge in [0.1, 0.15) is 5.75 Å². The normalized spacial score (nSPS) is 15.4. The minimum absolute atomic E-state index is 0.141. The standard InChI is InChI=1S/C27H18ClF3N2O5/c1-14-22(23(34)16-5-7-18(28)8-6-16)20-10-9-19(38-27(29,30)31)12-21(20)33(14)13-15-3-2-4-17(11-15)24-25(35)32-26(36)37-24/h2-12,24H,13H2,1H3,(H,32,35,36). The van der Waals surface area contributed by atoms with E-state index < -0.39 is 30.2 Å². The number of amides is 2. The van der Waals surface area contributed by atoms with Crippen molar-refractivity contribution in [3.05, 3.63) is 99.7 Å². The zero-order valence-electron chi connectivity index (χ0n) is 19.6. The van der Waals surface area contributed by atoms with Gasteiger partial charge in [-0.15, -0.1) is 13.2 Å². The first-order valence-electron chi connectivity index (χ1n) is 11.3. The second kappa shape index (κ2) is 9.53. The van der Waals surface area contributed by atoms with Gasteiger partial charge in [-0.05, 0) is 55.0 Å². The first-order chi connectivity index (χ1) is 18.0. The lowest BCUT2D eigenvalue weighted by molar-refractivity contribution is -0.274.